The molecule has 0 radical (unpaired) electrons. The molecule has 0 saturated carbocycles. The quantitative estimate of drug-likeness (QED) is 0.720. The highest BCUT2D eigenvalue weighted by atomic mass is 15.0. The highest BCUT2D eigenvalue weighted by Crippen LogP contribution is 2.04. The normalized spacial score (nSPS) is 10.7. The van der Waals surface area contributed by atoms with Gasteiger partial charge in [-0.05, 0) is 13.8 Å². The minimum Gasteiger partial charge on any atom is -0.369 e. The van der Waals surface area contributed by atoms with Gasteiger partial charge in [-0.15, -0.1) is 0 Å². The summed E-state index contributed by atoms with van der Waals surface area (Å²) in [5.41, 5.74) is 1.00. The first-order chi connectivity index (χ1) is 7.08. The maximum absolute atomic E-state index is 4.30. The average molecular weight is 208 g/mol. The van der Waals surface area contributed by atoms with Gasteiger partial charge in [0.1, 0.15) is 11.6 Å². The van der Waals surface area contributed by atoms with Crippen LogP contribution < -0.4 is 10.6 Å². The lowest BCUT2D eigenvalue weighted by atomic mass is 10.4. The third kappa shape index (κ3) is 4.74. The van der Waals surface area contributed by atoms with E-state index in [1.54, 1.807) is 0 Å². The van der Waals surface area contributed by atoms with Gasteiger partial charge in [0.25, 0.3) is 0 Å². The summed E-state index contributed by atoms with van der Waals surface area (Å²) in [5.74, 6) is 1.72. The summed E-state index contributed by atoms with van der Waals surface area (Å²) in [6, 6.07) is 2.49. The molecular weight excluding hydrogens is 188 g/mol. The van der Waals surface area contributed by atoms with Crippen molar-refractivity contribution in [3.8, 4) is 0 Å². The Balaban J connectivity index is 2.37. The van der Waals surface area contributed by atoms with Gasteiger partial charge in [-0.1, -0.05) is 13.8 Å². The van der Waals surface area contributed by atoms with Crippen LogP contribution in [0.15, 0.2) is 6.07 Å². The van der Waals surface area contributed by atoms with E-state index < -0.39 is 0 Å². The van der Waals surface area contributed by atoms with Crippen LogP contribution in [0.2, 0.25) is 0 Å². The van der Waals surface area contributed by atoms with Gasteiger partial charge in [0.05, 0.1) is 0 Å². The highest BCUT2D eigenvalue weighted by Gasteiger charge is 1.97. The summed E-state index contributed by atoms with van der Waals surface area (Å²) in [6.45, 7) is 9.99. The molecule has 0 atom stereocenters. The molecule has 0 aromatic carbocycles. The smallest absolute Gasteiger partial charge is 0.129 e. The summed E-state index contributed by atoms with van der Waals surface area (Å²) in [5, 5.41) is 6.61. The molecule has 4 nitrogen and oxygen atoms in total. The van der Waals surface area contributed by atoms with Crippen LogP contribution in [-0.4, -0.2) is 29.1 Å². The zero-order valence-corrected chi connectivity index (χ0v) is 9.96. The summed E-state index contributed by atoms with van der Waals surface area (Å²) < 4.78 is 0. The standard InChI is InChI=1S/C11H20N4/c1-8(2)12-5-6-13-11-7-9(3)14-10(4)15-11/h7-8,12H,5-6H2,1-4H3,(H,13,14,15). The molecule has 0 fully saturated rings. The van der Waals surface area contributed by atoms with Gasteiger partial charge in [0, 0.05) is 30.9 Å². The molecule has 1 heterocycles. The molecule has 0 spiro atoms. The monoisotopic (exact) mass is 208 g/mol. The average Bonchev–Trinajstić information content (AvgIpc) is 2.10. The van der Waals surface area contributed by atoms with E-state index in [0.717, 1.165) is 30.4 Å². The van der Waals surface area contributed by atoms with E-state index in [1.807, 2.05) is 19.9 Å². The first-order valence-corrected chi connectivity index (χ1v) is 5.37. The molecule has 0 unspecified atom stereocenters. The van der Waals surface area contributed by atoms with Gasteiger partial charge in [0.15, 0.2) is 0 Å². The van der Waals surface area contributed by atoms with Crippen LogP contribution in [0.1, 0.15) is 25.4 Å². The van der Waals surface area contributed by atoms with Crippen molar-refractivity contribution in [2.24, 2.45) is 0 Å². The highest BCUT2D eigenvalue weighted by molar-refractivity contribution is 5.35. The molecule has 1 rings (SSSR count). The Bertz CT molecular complexity index is 289. The molecule has 1 aromatic rings. The zero-order chi connectivity index (χ0) is 11.3. The van der Waals surface area contributed by atoms with Gasteiger partial charge in [0.2, 0.25) is 0 Å². The zero-order valence-electron chi connectivity index (χ0n) is 9.96. The van der Waals surface area contributed by atoms with Crippen molar-refractivity contribution in [3.05, 3.63) is 17.6 Å². The number of nitrogens with zero attached hydrogens (tertiary/aromatic N) is 2. The van der Waals surface area contributed by atoms with E-state index in [9.17, 15) is 0 Å². The molecule has 0 amide bonds. The summed E-state index contributed by atoms with van der Waals surface area (Å²) >= 11 is 0. The topological polar surface area (TPSA) is 49.8 Å². The summed E-state index contributed by atoms with van der Waals surface area (Å²) in [4.78, 5) is 8.52. The second kappa shape index (κ2) is 5.66. The molecule has 0 saturated heterocycles. The third-order valence-electron chi connectivity index (χ3n) is 1.95. The van der Waals surface area contributed by atoms with Crippen LogP contribution in [0.25, 0.3) is 0 Å². The Kier molecular flexibility index (Phi) is 4.49. The van der Waals surface area contributed by atoms with E-state index in [-0.39, 0.29) is 0 Å². The van der Waals surface area contributed by atoms with Gasteiger partial charge in [-0.25, -0.2) is 9.97 Å². The lowest BCUT2D eigenvalue weighted by molar-refractivity contribution is 0.602. The van der Waals surface area contributed by atoms with Crippen LogP contribution >= 0.6 is 0 Å². The molecule has 15 heavy (non-hydrogen) atoms. The predicted octanol–water partition coefficient (Wildman–Crippen LogP) is 1.50. The van der Waals surface area contributed by atoms with Crippen molar-refractivity contribution in [1.29, 1.82) is 0 Å². The Morgan fingerprint density at radius 3 is 2.53 bits per heavy atom. The number of hydrogen-bond donors (Lipinski definition) is 2. The summed E-state index contributed by atoms with van der Waals surface area (Å²) in [6.07, 6.45) is 0. The molecule has 0 bridgehead atoms. The maximum Gasteiger partial charge on any atom is 0.129 e. The number of aromatic nitrogens is 2. The van der Waals surface area contributed by atoms with E-state index in [4.69, 9.17) is 0 Å². The van der Waals surface area contributed by atoms with Gasteiger partial charge in [-0.2, -0.15) is 0 Å². The second-order valence-electron chi connectivity index (χ2n) is 3.98. The lowest BCUT2D eigenvalue weighted by Gasteiger charge is -2.10. The van der Waals surface area contributed by atoms with Crippen LogP contribution in [0.5, 0.6) is 0 Å². The molecule has 4 heteroatoms. The van der Waals surface area contributed by atoms with Crippen molar-refractivity contribution in [2.75, 3.05) is 18.4 Å². The summed E-state index contributed by atoms with van der Waals surface area (Å²) in [7, 11) is 0. The van der Waals surface area contributed by atoms with Crippen molar-refractivity contribution < 1.29 is 0 Å². The van der Waals surface area contributed by atoms with Crippen LogP contribution in [-0.2, 0) is 0 Å². The lowest BCUT2D eigenvalue weighted by Crippen LogP contribution is -2.28. The van der Waals surface area contributed by atoms with E-state index in [1.165, 1.54) is 0 Å². The molecule has 2 N–H and O–H groups in total. The van der Waals surface area contributed by atoms with Crippen LogP contribution in [0.4, 0.5) is 5.82 Å². The number of aryl methyl sites for hydroxylation is 2. The minimum atomic E-state index is 0.528. The Morgan fingerprint density at radius 1 is 1.20 bits per heavy atom. The van der Waals surface area contributed by atoms with Crippen molar-refractivity contribution in [2.45, 2.75) is 33.7 Å². The van der Waals surface area contributed by atoms with Crippen molar-refractivity contribution in [3.63, 3.8) is 0 Å². The number of rotatable bonds is 5. The van der Waals surface area contributed by atoms with Gasteiger partial charge in [-0.3, -0.25) is 0 Å². The molecule has 0 aliphatic heterocycles. The first kappa shape index (κ1) is 11.9. The second-order valence-corrected chi connectivity index (χ2v) is 3.98. The van der Waals surface area contributed by atoms with E-state index in [0.29, 0.717) is 6.04 Å². The fourth-order valence-electron chi connectivity index (χ4n) is 1.36. The first-order valence-electron chi connectivity index (χ1n) is 5.37. The third-order valence-corrected chi connectivity index (χ3v) is 1.95. The van der Waals surface area contributed by atoms with Crippen LogP contribution in [0.3, 0.4) is 0 Å². The van der Waals surface area contributed by atoms with Crippen molar-refractivity contribution in [1.82, 2.24) is 15.3 Å². The SMILES string of the molecule is Cc1cc(NCCNC(C)C)nc(C)n1. The van der Waals surface area contributed by atoms with Gasteiger partial charge >= 0.3 is 0 Å². The van der Waals surface area contributed by atoms with Crippen molar-refractivity contribution >= 4 is 5.82 Å². The Hall–Kier alpha value is -1.16. The number of nitrogens with one attached hydrogen (secondary N) is 2. The van der Waals surface area contributed by atoms with Gasteiger partial charge < -0.3 is 10.6 Å². The molecule has 84 valence electrons. The largest absolute Gasteiger partial charge is 0.369 e. The Morgan fingerprint density at radius 2 is 1.93 bits per heavy atom. The Labute approximate surface area is 91.5 Å². The molecule has 0 aliphatic carbocycles. The number of hydrogen-bond acceptors (Lipinski definition) is 4. The molecular formula is C11H20N4. The van der Waals surface area contributed by atoms with Crippen LogP contribution in [0, 0.1) is 13.8 Å². The number of anilines is 1. The minimum absolute atomic E-state index is 0.528. The van der Waals surface area contributed by atoms with E-state index in [2.05, 4.69) is 34.4 Å². The van der Waals surface area contributed by atoms with E-state index >= 15 is 0 Å². The fourth-order valence-corrected chi connectivity index (χ4v) is 1.36. The molecule has 0 aliphatic rings. The molecule has 1 aromatic heterocycles. The predicted molar refractivity (Wildman–Crippen MR) is 63.1 cm³/mol. The fraction of sp³-hybridized carbons (Fsp3) is 0.636. The maximum atomic E-state index is 4.30.